The van der Waals surface area contributed by atoms with Gasteiger partial charge in [0.05, 0.1) is 13.2 Å². The van der Waals surface area contributed by atoms with Crippen LogP contribution in [0.5, 0.6) is 11.5 Å². The molecule has 0 aliphatic carbocycles. The minimum absolute atomic E-state index is 0. The van der Waals surface area contributed by atoms with Crippen molar-refractivity contribution in [3.05, 3.63) is 59.9 Å². The summed E-state index contributed by atoms with van der Waals surface area (Å²) in [4.78, 5) is 4.74. The van der Waals surface area contributed by atoms with Crippen molar-refractivity contribution in [1.82, 2.24) is 10.6 Å². The Hall–Kier alpha value is -1.91. The molecule has 1 heterocycles. The summed E-state index contributed by atoms with van der Waals surface area (Å²) in [6.45, 7) is 5.75. The maximum absolute atomic E-state index is 13.0. The molecule has 0 spiro atoms. The summed E-state index contributed by atoms with van der Waals surface area (Å²) in [5.74, 6) is 1.82. The van der Waals surface area contributed by atoms with E-state index >= 15 is 0 Å². The molecule has 32 heavy (non-hydrogen) atoms. The third-order valence-corrected chi connectivity index (χ3v) is 5.42. The number of nitrogens with one attached hydrogen (secondary N) is 2. The summed E-state index contributed by atoms with van der Waals surface area (Å²) >= 11 is 0. The van der Waals surface area contributed by atoms with Crippen LogP contribution in [-0.4, -0.2) is 50.5 Å². The SMILES string of the molecule is CCNC(=NCC1(CCO)CCOC1)NCCc1ccc(Oc2ccc(F)cc2)cc1.I. The van der Waals surface area contributed by atoms with Crippen molar-refractivity contribution in [1.29, 1.82) is 0 Å². The van der Waals surface area contributed by atoms with Crippen LogP contribution in [0.1, 0.15) is 25.3 Å². The van der Waals surface area contributed by atoms with Crippen LogP contribution in [-0.2, 0) is 11.2 Å². The van der Waals surface area contributed by atoms with Crippen molar-refractivity contribution >= 4 is 29.9 Å². The van der Waals surface area contributed by atoms with Gasteiger partial charge >= 0.3 is 0 Å². The lowest BCUT2D eigenvalue weighted by Gasteiger charge is -2.24. The normalized spacial score (nSPS) is 18.2. The lowest BCUT2D eigenvalue weighted by atomic mass is 9.84. The molecule has 3 rings (SSSR count). The molecule has 1 unspecified atom stereocenters. The van der Waals surface area contributed by atoms with Gasteiger partial charge in [0, 0.05) is 31.7 Å². The predicted molar refractivity (Wildman–Crippen MR) is 136 cm³/mol. The third kappa shape index (κ3) is 8.22. The highest BCUT2D eigenvalue weighted by Gasteiger charge is 2.34. The van der Waals surface area contributed by atoms with Gasteiger partial charge in [-0.15, -0.1) is 24.0 Å². The van der Waals surface area contributed by atoms with Crippen molar-refractivity contribution in [3.63, 3.8) is 0 Å². The second kappa shape index (κ2) is 13.6. The van der Waals surface area contributed by atoms with Crippen LogP contribution in [0.2, 0.25) is 0 Å². The molecule has 2 aromatic rings. The molecule has 0 amide bonds. The Morgan fingerprint density at radius 1 is 1.12 bits per heavy atom. The number of halogens is 2. The zero-order chi connectivity index (χ0) is 21.9. The molecule has 1 saturated heterocycles. The van der Waals surface area contributed by atoms with E-state index in [0.29, 0.717) is 31.1 Å². The van der Waals surface area contributed by atoms with Gasteiger partial charge in [-0.25, -0.2) is 4.39 Å². The minimum atomic E-state index is -0.282. The van der Waals surface area contributed by atoms with E-state index in [1.807, 2.05) is 31.2 Å². The summed E-state index contributed by atoms with van der Waals surface area (Å²) < 4.78 is 24.3. The van der Waals surface area contributed by atoms with E-state index in [4.69, 9.17) is 14.5 Å². The number of aliphatic imine (C=N–C) groups is 1. The fourth-order valence-corrected chi connectivity index (χ4v) is 3.56. The number of ether oxygens (including phenoxy) is 2. The quantitative estimate of drug-likeness (QED) is 0.233. The van der Waals surface area contributed by atoms with E-state index in [2.05, 4.69) is 10.6 Å². The molecular weight excluding hydrogens is 524 g/mol. The van der Waals surface area contributed by atoms with Crippen molar-refractivity contribution in [2.75, 3.05) is 39.5 Å². The van der Waals surface area contributed by atoms with Crippen molar-refractivity contribution in [2.45, 2.75) is 26.2 Å². The largest absolute Gasteiger partial charge is 0.457 e. The number of nitrogens with zero attached hydrogens (tertiary/aromatic N) is 1. The lowest BCUT2D eigenvalue weighted by Crippen LogP contribution is -2.39. The number of rotatable bonds is 10. The maximum Gasteiger partial charge on any atom is 0.191 e. The molecule has 2 aromatic carbocycles. The molecule has 3 N–H and O–H groups in total. The van der Waals surface area contributed by atoms with Crippen molar-refractivity contribution in [2.24, 2.45) is 10.4 Å². The van der Waals surface area contributed by atoms with E-state index in [9.17, 15) is 9.50 Å². The first-order valence-electron chi connectivity index (χ1n) is 10.9. The van der Waals surface area contributed by atoms with E-state index < -0.39 is 0 Å². The van der Waals surface area contributed by atoms with Crippen LogP contribution >= 0.6 is 24.0 Å². The molecule has 0 aromatic heterocycles. The summed E-state index contributed by atoms with van der Waals surface area (Å²) in [6, 6.07) is 13.9. The molecular formula is C24H33FIN3O3. The number of hydrogen-bond donors (Lipinski definition) is 3. The van der Waals surface area contributed by atoms with Crippen LogP contribution in [0.15, 0.2) is 53.5 Å². The first-order chi connectivity index (χ1) is 15.1. The van der Waals surface area contributed by atoms with Gasteiger partial charge in [-0.2, -0.15) is 0 Å². The lowest BCUT2D eigenvalue weighted by molar-refractivity contribution is 0.131. The average molecular weight is 557 g/mol. The first kappa shape index (κ1) is 26.3. The van der Waals surface area contributed by atoms with Gasteiger partial charge in [-0.1, -0.05) is 12.1 Å². The Labute approximate surface area is 206 Å². The average Bonchev–Trinajstić information content (AvgIpc) is 3.24. The molecule has 0 radical (unpaired) electrons. The Morgan fingerprint density at radius 3 is 2.41 bits per heavy atom. The van der Waals surface area contributed by atoms with Gasteiger partial charge in [0.1, 0.15) is 17.3 Å². The zero-order valence-electron chi connectivity index (χ0n) is 18.5. The molecule has 0 bridgehead atoms. The Morgan fingerprint density at radius 2 is 1.81 bits per heavy atom. The Bertz CT molecular complexity index is 825. The summed E-state index contributed by atoms with van der Waals surface area (Å²) in [5.41, 5.74) is 1.12. The van der Waals surface area contributed by atoms with Crippen LogP contribution in [0, 0.1) is 11.2 Å². The number of benzene rings is 2. The summed E-state index contributed by atoms with van der Waals surface area (Å²) in [5, 5.41) is 16.0. The van der Waals surface area contributed by atoms with Crippen LogP contribution in [0.25, 0.3) is 0 Å². The molecule has 6 nitrogen and oxygen atoms in total. The van der Waals surface area contributed by atoms with Gasteiger partial charge in [0.15, 0.2) is 5.96 Å². The van der Waals surface area contributed by atoms with Crippen molar-refractivity contribution < 1.29 is 19.0 Å². The fourth-order valence-electron chi connectivity index (χ4n) is 3.56. The van der Waals surface area contributed by atoms with E-state index in [0.717, 1.165) is 38.5 Å². The molecule has 1 aliphatic rings. The highest BCUT2D eigenvalue weighted by atomic mass is 127. The van der Waals surface area contributed by atoms with E-state index in [1.54, 1.807) is 12.1 Å². The topological polar surface area (TPSA) is 75.1 Å². The Balaban J connectivity index is 0.00000363. The monoisotopic (exact) mass is 557 g/mol. The summed E-state index contributed by atoms with van der Waals surface area (Å²) in [6.07, 6.45) is 2.48. The predicted octanol–water partition coefficient (Wildman–Crippen LogP) is 4.12. The van der Waals surface area contributed by atoms with Gasteiger partial charge in [0.25, 0.3) is 0 Å². The molecule has 1 aliphatic heterocycles. The van der Waals surface area contributed by atoms with E-state index in [1.165, 1.54) is 17.7 Å². The molecule has 8 heteroatoms. The maximum atomic E-state index is 13.0. The highest BCUT2D eigenvalue weighted by molar-refractivity contribution is 14.0. The second-order valence-electron chi connectivity index (χ2n) is 7.85. The van der Waals surface area contributed by atoms with Crippen LogP contribution in [0.4, 0.5) is 4.39 Å². The highest BCUT2D eigenvalue weighted by Crippen LogP contribution is 2.32. The van der Waals surface area contributed by atoms with Gasteiger partial charge < -0.3 is 25.2 Å². The number of hydrogen-bond acceptors (Lipinski definition) is 4. The number of guanidine groups is 1. The molecule has 0 saturated carbocycles. The molecule has 1 fully saturated rings. The standard InChI is InChI=1S/C24H32FN3O3.HI/c1-2-26-23(28-17-24(12-15-29)13-16-30-18-24)27-14-11-19-3-7-21(8-4-19)31-22-9-5-20(25)6-10-22;/h3-10,29H,2,11-18H2,1H3,(H2,26,27,28);1H. The number of aliphatic hydroxyl groups excluding tert-OH is 1. The smallest absolute Gasteiger partial charge is 0.191 e. The first-order valence-corrected chi connectivity index (χ1v) is 10.9. The summed E-state index contributed by atoms with van der Waals surface area (Å²) in [7, 11) is 0. The minimum Gasteiger partial charge on any atom is -0.457 e. The fraction of sp³-hybridized carbons (Fsp3) is 0.458. The van der Waals surface area contributed by atoms with Crippen molar-refractivity contribution in [3.8, 4) is 11.5 Å². The molecule has 176 valence electrons. The van der Waals surface area contributed by atoms with Gasteiger partial charge in [-0.3, -0.25) is 4.99 Å². The Kier molecular flexibility index (Phi) is 11.2. The number of aliphatic hydroxyl groups is 1. The zero-order valence-corrected chi connectivity index (χ0v) is 20.8. The van der Waals surface area contributed by atoms with Gasteiger partial charge in [0.2, 0.25) is 0 Å². The van der Waals surface area contributed by atoms with Gasteiger partial charge in [-0.05, 0) is 68.1 Å². The second-order valence-corrected chi connectivity index (χ2v) is 7.85. The third-order valence-electron chi connectivity index (χ3n) is 5.42. The van der Waals surface area contributed by atoms with Crippen LogP contribution in [0.3, 0.4) is 0 Å². The van der Waals surface area contributed by atoms with Crippen LogP contribution < -0.4 is 15.4 Å². The molecule has 1 atom stereocenters. The van der Waals surface area contributed by atoms with E-state index in [-0.39, 0.29) is 41.8 Å².